The number of nitrogens with zero attached hydrogens (tertiary/aromatic N) is 3. The predicted molar refractivity (Wildman–Crippen MR) is 110 cm³/mol. The smallest absolute Gasteiger partial charge is 0.338 e. The summed E-state index contributed by atoms with van der Waals surface area (Å²) in [6.45, 7) is 6.54. The molecule has 0 aliphatic carbocycles. The fourth-order valence-electron chi connectivity index (χ4n) is 3.22. The molecular weight excluding hydrogens is 368 g/mol. The van der Waals surface area contributed by atoms with E-state index >= 15 is 0 Å². The van der Waals surface area contributed by atoms with E-state index in [1.54, 1.807) is 22.9 Å². The Labute approximate surface area is 170 Å². The fraction of sp³-hybridized carbons (Fsp3) is 0.364. The minimum absolute atomic E-state index is 0.122. The van der Waals surface area contributed by atoms with E-state index in [0.29, 0.717) is 23.5 Å². The van der Waals surface area contributed by atoms with E-state index in [4.69, 9.17) is 4.74 Å². The van der Waals surface area contributed by atoms with Crippen LogP contribution in [0.4, 0.5) is 0 Å². The Hall–Kier alpha value is -3.22. The Morgan fingerprint density at radius 3 is 2.59 bits per heavy atom. The van der Waals surface area contributed by atoms with Crippen LogP contribution in [-0.2, 0) is 16.1 Å². The Morgan fingerprint density at radius 1 is 1.14 bits per heavy atom. The van der Waals surface area contributed by atoms with Crippen LogP contribution >= 0.6 is 0 Å². The number of carbonyl (C=O) groups excluding carboxylic acids is 2. The Balaban J connectivity index is 1.61. The molecule has 0 saturated heterocycles. The highest BCUT2D eigenvalue weighted by Crippen LogP contribution is 2.21. The molecule has 1 aromatic heterocycles. The summed E-state index contributed by atoms with van der Waals surface area (Å²) in [6.07, 6.45) is 0.799. The lowest BCUT2D eigenvalue weighted by molar-refractivity contribution is -0.125. The van der Waals surface area contributed by atoms with Crippen LogP contribution in [0, 0.1) is 5.92 Å². The number of esters is 1. The summed E-state index contributed by atoms with van der Waals surface area (Å²) in [5, 5.41) is 11.0. The lowest BCUT2D eigenvalue weighted by Crippen LogP contribution is -2.33. The molecule has 7 nitrogen and oxygen atoms in total. The molecule has 0 bridgehead atoms. The standard InChI is InChI=1S/C22H26N4O3/c1-4-26-20-11-10-17(13-19(20)24-25-26)22(28)29-14-21(27)23-18(12-15(2)3)16-8-6-5-7-9-16/h5-11,13,15,18H,4,12,14H2,1-3H3,(H,23,27)/t18-/m1/s1. The number of rotatable bonds is 8. The molecule has 1 amide bonds. The largest absolute Gasteiger partial charge is 0.452 e. The van der Waals surface area contributed by atoms with Gasteiger partial charge in [-0.25, -0.2) is 9.48 Å². The van der Waals surface area contributed by atoms with E-state index in [2.05, 4.69) is 29.5 Å². The third-order valence-electron chi connectivity index (χ3n) is 4.63. The molecule has 152 valence electrons. The van der Waals surface area contributed by atoms with Crippen LogP contribution in [0.25, 0.3) is 11.0 Å². The van der Waals surface area contributed by atoms with Crippen LogP contribution in [-0.4, -0.2) is 33.5 Å². The number of benzene rings is 2. The number of carbonyl (C=O) groups is 2. The highest BCUT2D eigenvalue weighted by molar-refractivity contribution is 5.94. The first kappa shape index (κ1) is 20.5. The molecule has 2 aromatic carbocycles. The number of fused-ring (bicyclic) bond motifs is 1. The maximum Gasteiger partial charge on any atom is 0.338 e. The molecule has 0 saturated carbocycles. The first-order valence-corrected chi connectivity index (χ1v) is 9.82. The average molecular weight is 394 g/mol. The maximum absolute atomic E-state index is 12.4. The zero-order valence-corrected chi connectivity index (χ0v) is 17.0. The summed E-state index contributed by atoms with van der Waals surface area (Å²) in [5.74, 6) is -0.481. The van der Waals surface area contributed by atoms with Crippen LogP contribution in [0.3, 0.4) is 0 Å². The van der Waals surface area contributed by atoms with Crippen molar-refractivity contribution in [3.8, 4) is 0 Å². The lowest BCUT2D eigenvalue weighted by Gasteiger charge is -2.21. The van der Waals surface area contributed by atoms with Crippen molar-refractivity contribution in [3.63, 3.8) is 0 Å². The summed E-state index contributed by atoms with van der Waals surface area (Å²) in [5.41, 5.74) is 2.84. The normalized spacial score (nSPS) is 12.1. The van der Waals surface area contributed by atoms with Gasteiger partial charge in [-0.3, -0.25) is 4.79 Å². The van der Waals surface area contributed by atoms with E-state index < -0.39 is 5.97 Å². The molecule has 1 N–H and O–H groups in total. The van der Waals surface area contributed by atoms with Crippen molar-refractivity contribution in [2.24, 2.45) is 5.92 Å². The third-order valence-corrected chi connectivity index (χ3v) is 4.63. The molecule has 0 aliphatic heterocycles. The second-order valence-corrected chi connectivity index (χ2v) is 7.35. The van der Waals surface area contributed by atoms with Gasteiger partial charge in [0.2, 0.25) is 0 Å². The van der Waals surface area contributed by atoms with Crippen LogP contribution in [0.5, 0.6) is 0 Å². The van der Waals surface area contributed by atoms with Crippen molar-refractivity contribution in [1.29, 1.82) is 0 Å². The van der Waals surface area contributed by atoms with Gasteiger partial charge >= 0.3 is 5.97 Å². The molecule has 3 rings (SSSR count). The van der Waals surface area contributed by atoms with Gasteiger partial charge in [-0.15, -0.1) is 5.10 Å². The molecule has 0 spiro atoms. The van der Waals surface area contributed by atoms with Crippen LogP contribution in [0.2, 0.25) is 0 Å². The number of nitrogens with one attached hydrogen (secondary N) is 1. The highest BCUT2D eigenvalue weighted by atomic mass is 16.5. The minimum Gasteiger partial charge on any atom is -0.452 e. The molecular formula is C22H26N4O3. The summed E-state index contributed by atoms with van der Waals surface area (Å²) in [4.78, 5) is 24.7. The Kier molecular flexibility index (Phi) is 6.59. The first-order chi connectivity index (χ1) is 14.0. The summed E-state index contributed by atoms with van der Waals surface area (Å²) >= 11 is 0. The molecule has 0 radical (unpaired) electrons. The summed E-state index contributed by atoms with van der Waals surface area (Å²) < 4.78 is 6.95. The first-order valence-electron chi connectivity index (χ1n) is 9.82. The van der Waals surface area contributed by atoms with Crippen molar-refractivity contribution in [1.82, 2.24) is 20.3 Å². The van der Waals surface area contributed by atoms with Gasteiger partial charge in [0, 0.05) is 6.54 Å². The molecule has 7 heteroatoms. The SMILES string of the molecule is CCn1nnc2cc(C(=O)OCC(=O)N[C@H](CC(C)C)c3ccccc3)ccc21. The zero-order chi connectivity index (χ0) is 20.8. The van der Waals surface area contributed by atoms with Gasteiger partial charge < -0.3 is 10.1 Å². The molecule has 29 heavy (non-hydrogen) atoms. The van der Waals surface area contributed by atoms with E-state index in [-0.39, 0.29) is 18.6 Å². The molecule has 3 aromatic rings. The molecule has 1 atom stereocenters. The maximum atomic E-state index is 12.4. The predicted octanol–water partition coefficient (Wildman–Crippen LogP) is 3.51. The van der Waals surface area contributed by atoms with Crippen molar-refractivity contribution < 1.29 is 14.3 Å². The van der Waals surface area contributed by atoms with Crippen LogP contribution in [0.15, 0.2) is 48.5 Å². The quantitative estimate of drug-likeness (QED) is 0.591. The lowest BCUT2D eigenvalue weighted by atomic mass is 9.97. The van der Waals surface area contributed by atoms with Gasteiger partial charge in [0.15, 0.2) is 6.61 Å². The summed E-state index contributed by atoms with van der Waals surface area (Å²) in [7, 11) is 0. The number of hydrogen-bond acceptors (Lipinski definition) is 5. The van der Waals surface area contributed by atoms with Gasteiger partial charge in [0.1, 0.15) is 5.52 Å². The molecule has 1 heterocycles. The van der Waals surface area contributed by atoms with Crippen molar-refractivity contribution in [2.45, 2.75) is 39.8 Å². The average Bonchev–Trinajstić information content (AvgIpc) is 3.14. The Morgan fingerprint density at radius 2 is 1.90 bits per heavy atom. The van der Waals surface area contributed by atoms with Crippen molar-refractivity contribution >= 4 is 22.9 Å². The zero-order valence-electron chi connectivity index (χ0n) is 17.0. The van der Waals surface area contributed by atoms with Crippen LogP contribution in [0.1, 0.15) is 49.2 Å². The summed E-state index contributed by atoms with van der Waals surface area (Å²) in [6, 6.07) is 14.7. The topological polar surface area (TPSA) is 86.1 Å². The number of aromatic nitrogens is 3. The van der Waals surface area contributed by atoms with Gasteiger partial charge in [-0.2, -0.15) is 0 Å². The minimum atomic E-state index is -0.562. The van der Waals surface area contributed by atoms with E-state index in [0.717, 1.165) is 17.5 Å². The second-order valence-electron chi connectivity index (χ2n) is 7.35. The molecule has 0 aliphatic rings. The van der Waals surface area contributed by atoms with E-state index in [1.807, 2.05) is 37.3 Å². The van der Waals surface area contributed by atoms with E-state index in [9.17, 15) is 9.59 Å². The highest BCUT2D eigenvalue weighted by Gasteiger charge is 2.18. The number of aryl methyl sites for hydroxylation is 1. The third kappa shape index (κ3) is 5.19. The monoisotopic (exact) mass is 394 g/mol. The van der Waals surface area contributed by atoms with Crippen molar-refractivity contribution in [3.05, 3.63) is 59.7 Å². The number of hydrogen-bond donors (Lipinski definition) is 1. The van der Waals surface area contributed by atoms with Crippen molar-refractivity contribution in [2.75, 3.05) is 6.61 Å². The van der Waals surface area contributed by atoms with Gasteiger partial charge in [-0.1, -0.05) is 49.4 Å². The van der Waals surface area contributed by atoms with Gasteiger partial charge in [0.05, 0.1) is 17.1 Å². The van der Waals surface area contributed by atoms with Gasteiger partial charge in [-0.05, 0) is 43.0 Å². The van der Waals surface area contributed by atoms with Crippen LogP contribution < -0.4 is 5.32 Å². The second kappa shape index (κ2) is 9.32. The van der Waals surface area contributed by atoms with E-state index in [1.165, 1.54) is 0 Å². The van der Waals surface area contributed by atoms with Gasteiger partial charge in [0.25, 0.3) is 5.91 Å². The fourth-order valence-corrected chi connectivity index (χ4v) is 3.22. The number of amides is 1. The molecule has 0 fully saturated rings. The molecule has 0 unspecified atom stereocenters. The Bertz CT molecular complexity index is 982. The number of ether oxygens (including phenoxy) is 1.